The summed E-state index contributed by atoms with van der Waals surface area (Å²) in [6.45, 7) is 1.30. The van der Waals surface area contributed by atoms with Crippen LogP contribution >= 0.6 is 0 Å². The van der Waals surface area contributed by atoms with Crippen LogP contribution in [0.5, 0.6) is 0 Å². The fourth-order valence-corrected chi connectivity index (χ4v) is 2.09. The molecular weight excluding hydrogens is 256 g/mol. The average molecular weight is 272 g/mol. The second kappa shape index (κ2) is 5.81. The van der Waals surface area contributed by atoms with E-state index in [1.54, 1.807) is 17.1 Å². The van der Waals surface area contributed by atoms with E-state index in [1.165, 1.54) is 0 Å². The zero-order valence-electron chi connectivity index (χ0n) is 10.9. The smallest absolute Gasteiger partial charge is 0.238 e. The van der Waals surface area contributed by atoms with E-state index >= 15 is 0 Å². The van der Waals surface area contributed by atoms with Gasteiger partial charge in [-0.3, -0.25) is 10.2 Å². The average Bonchev–Trinajstić information content (AvgIpc) is 3.17. The van der Waals surface area contributed by atoms with Crippen molar-refractivity contribution in [1.29, 1.82) is 0 Å². The molecule has 0 saturated carbocycles. The highest BCUT2D eigenvalue weighted by molar-refractivity contribution is 5.81. The van der Waals surface area contributed by atoms with Gasteiger partial charge >= 0.3 is 0 Å². The summed E-state index contributed by atoms with van der Waals surface area (Å²) in [7, 11) is 0. The summed E-state index contributed by atoms with van der Waals surface area (Å²) in [5.74, 6) is 0.745. The Morgan fingerprint density at radius 1 is 1.50 bits per heavy atom. The van der Waals surface area contributed by atoms with E-state index in [4.69, 9.17) is 0 Å². The minimum absolute atomic E-state index is 0.00690. The zero-order valence-corrected chi connectivity index (χ0v) is 10.9. The molecule has 1 amide bonds. The summed E-state index contributed by atoms with van der Waals surface area (Å²) >= 11 is 0. The third-order valence-electron chi connectivity index (χ3n) is 3.17. The van der Waals surface area contributed by atoms with E-state index in [9.17, 15) is 4.79 Å². The Kier molecular flexibility index (Phi) is 3.71. The second-order valence-electron chi connectivity index (χ2n) is 4.60. The van der Waals surface area contributed by atoms with Crippen LogP contribution < -0.4 is 16.2 Å². The molecule has 7 nitrogen and oxygen atoms in total. The van der Waals surface area contributed by atoms with E-state index in [2.05, 4.69) is 26.3 Å². The Balaban J connectivity index is 1.63. The molecule has 0 aliphatic carbocycles. The Labute approximate surface area is 116 Å². The molecule has 0 aromatic carbocycles. The molecule has 0 bridgehead atoms. The van der Waals surface area contributed by atoms with Crippen molar-refractivity contribution in [1.82, 2.24) is 30.9 Å². The van der Waals surface area contributed by atoms with E-state index in [0.29, 0.717) is 6.54 Å². The van der Waals surface area contributed by atoms with Gasteiger partial charge in [0.25, 0.3) is 0 Å². The number of carbonyl (C=O) groups excluding carboxylic acids is 1. The highest BCUT2D eigenvalue weighted by Gasteiger charge is 2.21. The number of aromatic nitrogens is 3. The zero-order chi connectivity index (χ0) is 13.8. The largest absolute Gasteiger partial charge is 0.351 e. The van der Waals surface area contributed by atoms with Gasteiger partial charge in [0.15, 0.2) is 5.82 Å². The van der Waals surface area contributed by atoms with Crippen molar-refractivity contribution in [3.63, 3.8) is 0 Å². The second-order valence-corrected chi connectivity index (χ2v) is 4.60. The van der Waals surface area contributed by atoms with Gasteiger partial charge in [-0.05, 0) is 30.2 Å². The minimum atomic E-state index is -0.151. The lowest BCUT2D eigenvalue weighted by Gasteiger charge is -2.11. The van der Waals surface area contributed by atoms with Gasteiger partial charge in [0.1, 0.15) is 6.04 Å². The maximum atomic E-state index is 11.9. The van der Waals surface area contributed by atoms with Crippen LogP contribution in [0.4, 0.5) is 0 Å². The van der Waals surface area contributed by atoms with Gasteiger partial charge in [-0.2, -0.15) is 5.10 Å². The van der Waals surface area contributed by atoms with Crippen LogP contribution in [0, 0.1) is 0 Å². The van der Waals surface area contributed by atoms with Gasteiger partial charge in [-0.1, -0.05) is 0 Å². The van der Waals surface area contributed by atoms with Crippen molar-refractivity contribution in [3.05, 3.63) is 42.4 Å². The maximum absolute atomic E-state index is 11.9. The number of hydrogen-bond acceptors (Lipinski definition) is 5. The normalized spacial score (nSPS) is 18.1. The van der Waals surface area contributed by atoms with Crippen LogP contribution in [0.1, 0.15) is 12.0 Å². The third kappa shape index (κ3) is 2.84. The molecule has 1 saturated heterocycles. The lowest BCUT2D eigenvalue weighted by Crippen LogP contribution is -2.42. The van der Waals surface area contributed by atoms with Crippen molar-refractivity contribution in [3.8, 4) is 5.82 Å². The Hall–Kier alpha value is -2.25. The van der Waals surface area contributed by atoms with Crippen molar-refractivity contribution >= 4 is 5.91 Å². The Morgan fingerprint density at radius 2 is 2.45 bits per heavy atom. The first-order valence-electron chi connectivity index (χ1n) is 6.54. The number of amides is 1. The molecule has 7 heteroatoms. The predicted octanol–water partition coefficient (Wildman–Crippen LogP) is -0.250. The minimum Gasteiger partial charge on any atom is -0.351 e. The summed E-state index contributed by atoms with van der Waals surface area (Å²) in [4.78, 5) is 16.1. The molecule has 1 aliphatic heterocycles. The molecule has 0 radical (unpaired) electrons. The molecule has 20 heavy (non-hydrogen) atoms. The number of nitrogens with zero attached hydrogens (tertiary/aromatic N) is 3. The van der Waals surface area contributed by atoms with Crippen molar-refractivity contribution in [2.45, 2.75) is 19.0 Å². The maximum Gasteiger partial charge on any atom is 0.238 e. The lowest BCUT2D eigenvalue weighted by molar-refractivity contribution is -0.123. The first-order chi connectivity index (χ1) is 9.83. The van der Waals surface area contributed by atoms with Crippen LogP contribution in [0.25, 0.3) is 5.82 Å². The highest BCUT2D eigenvalue weighted by Crippen LogP contribution is 2.06. The number of hydrazine groups is 1. The van der Waals surface area contributed by atoms with Crippen molar-refractivity contribution < 1.29 is 4.79 Å². The number of carbonyl (C=O) groups is 1. The van der Waals surface area contributed by atoms with Crippen LogP contribution in [0.15, 0.2) is 36.8 Å². The molecule has 3 N–H and O–H groups in total. The summed E-state index contributed by atoms with van der Waals surface area (Å²) in [5, 5.41) is 7.05. The molecular formula is C13H16N6O. The molecule has 104 valence electrons. The Morgan fingerprint density at radius 3 is 3.20 bits per heavy atom. The van der Waals surface area contributed by atoms with Gasteiger partial charge in [0.2, 0.25) is 5.91 Å². The molecule has 2 aromatic rings. The molecule has 2 aromatic heterocycles. The van der Waals surface area contributed by atoms with Gasteiger partial charge in [-0.25, -0.2) is 15.1 Å². The number of hydrogen-bond donors (Lipinski definition) is 3. The monoisotopic (exact) mass is 272 g/mol. The van der Waals surface area contributed by atoms with E-state index in [0.717, 1.165) is 24.3 Å². The third-order valence-corrected chi connectivity index (χ3v) is 3.17. The number of rotatable bonds is 4. The summed E-state index contributed by atoms with van der Waals surface area (Å²) in [6, 6.07) is 5.48. The van der Waals surface area contributed by atoms with Crippen molar-refractivity contribution in [2.24, 2.45) is 0 Å². The van der Waals surface area contributed by atoms with Crippen LogP contribution in [0.2, 0.25) is 0 Å². The van der Waals surface area contributed by atoms with Crippen LogP contribution in [-0.2, 0) is 11.3 Å². The lowest BCUT2D eigenvalue weighted by atomic mass is 10.2. The van der Waals surface area contributed by atoms with E-state index < -0.39 is 0 Å². The van der Waals surface area contributed by atoms with Gasteiger partial charge in [0, 0.05) is 31.7 Å². The summed E-state index contributed by atoms with van der Waals surface area (Å²) < 4.78 is 1.69. The first-order valence-corrected chi connectivity index (χ1v) is 6.54. The fourth-order valence-electron chi connectivity index (χ4n) is 2.09. The van der Waals surface area contributed by atoms with Crippen molar-refractivity contribution in [2.75, 3.05) is 6.54 Å². The molecule has 1 atom stereocenters. The summed E-state index contributed by atoms with van der Waals surface area (Å²) in [6.07, 6.45) is 6.06. The standard InChI is InChI=1S/C13H16N6O/c20-13(11-3-6-16-18-11)15-9-10-2-5-14-12(8-10)19-7-1-4-17-19/h1-2,4-5,7-8,11,16,18H,3,6,9H2,(H,15,20). The van der Waals surface area contributed by atoms with E-state index in [1.807, 2.05) is 24.4 Å². The van der Waals surface area contributed by atoms with Gasteiger partial charge in [0.05, 0.1) is 0 Å². The topological polar surface area (TPSA) is 83.9 Å². The Bertz CT molecular complexity index is 576. The SMILES string of the molecule is O=C(NCc1ccnc(-n2cccn2)c1)C1CCNN1. The number of pyridine rings is 1. The fraction of sp³-hybridized carbons (Fsp3) is 0.308. The molecule has 1 aliphatic rings. The van der Waals surface area contributed by atoms with Gasteiger partial charge < -0.3 is 5.32 Å². The van der Waals surface area contributed by atoms with Crippen LogP contribution in [-0.4, -0.2) is 33.3 Å². The van der Waals surface area contributed by atoms with E-state index in [-0.39, 0.29) is 11.9 Å². The first kappa shape index (κ1) is 12.8. The molecule has 3 rings (SSSR count). The molecule has 1 fully saturated rings. The summed E-state index contributed by atoms with van der Waals surface area (Å²) in [5.41, 5.74) is 6.88. The predicted molar refractivity (Wildman–Crippen MR) is 72.7 cm³/mol. The molecule has 3 heterocycles. The quantitative estimate of drug-likeness (QED) is 0.715. The van der Waals surface area contributed by atoms with Gasteiger partial charge in [-0.15, -0.1) is 0 Å². The molecule has 1 unspecified atom stereocenters. The highest BCUT2D eigenvalue weighted by atomic mass is 16.2. The molecule has 0 spiro atoms. The van der Waals surface area contributed by atoms with Crippen LogP contribution in [0.3, 0.4) is 0 Å². The number of nitrogens with one attached hydrogen (secondary N) is 3.